The van der Waals surface area contributed by atoms with E-state index in [2.05, 4.69) is 30.8 Å². The van der Waals surface area contributed by atoms with E-state index in [-0.39, 0.29) is 117 Å². The molecular weight excluding hydrogens is 1170 g/mol. The van der Waals surface area contributed by atoms with Gasteiger partial charge in [0.15, 0.2) is 5.75 Å². The summed E-state index contributed by atoms with van der Waals surface area (Å²) in [4.78, 5) is 16.2. The van der Waals surface area contributed by atoms with Crippen molar-refractivity contribution in [1.82, 2.24) is 0 Å². The molecule has 4 N–H and O–H groups in total. The van der Waals surface area contributed by atoms with Gasteiger partial charge in [-0.25, -0.2) is 0 Å². The molecule has 75 heavy (non-hydrogen) atoms. The summed E-state index contributed by atoms with van der Waals surface area (Å²) in [5.41, 5.74) is 0.204. The molecule has 0 unspecified atom stereocenters. The molecule has 0 aromatic heterocycles. The van der Waals surface area contributed by atoms with E-state index in [1.54, 1.807) is 111 Å². The van der Waals surface area contributed by atoms with Crippen LogP contribution in [0.5, 0.6) is 23.0 Å². The van der Waals surface area contributed by atoms with Gasteiger partial charge in [-0.3, -0.25) is 18.9 Å². The molecule has 0 aliphatic rings. The Morgan fingerprint density at radius 1 is 0.627 bits per heavy atom. The smallest absolute Gasteiger partial charge is 0.871 e. The van der Waals surface area contributed by atoms with Crippen molar-refractivity contribution in [2.24, 2.45) is 25.4 Å². The van der Waals surface area contributed by atoms with E-state index < -0.39 is 53.3 Å². The van der Waals surface area contributed by atoms with Crippen LogP contribution in [-0.2, 0) is 33.1 Å². The molecule has 0 saturated carbocycles. The first-order chi connectivity index (χ1) is 35.2. The molecule has 0 saturated heterocycles. The van der Waals surface area contributed by atoms with Gasteiger partial charge in [0.25, 0.3) is 26.1 Å². The topological polar surface area (TPSA) is 284 Å². The maximum Gasteiger partial charge on any atom is 2.00 e. The molecule has 8 aromatic rings. The third-order valence-corrected chi connectivity index (χ3v) is 13.5. The number of rotatable bonds is 14. The van der Waals surface area contributed by atoms with Crippen LogP contribution in [0.15, 0.2) is 169 Å². The Labute approximate surface area is 481 Å². The normalized spacial score (nSPS) is 11.9. The van der Waals surface area contributed by atoms with Crippen molar-refractivity contribution in [2.75, 3.05) is 19.5 Å². The predicted octanol–water partition coefficient (Wildman–Crippen LogP) is 11.5. The maximum absolute atomic E-state index is 13.4. The van der Waals surface area contributed by atoms with Crippen LogP contribution >= 0.6 is 23.2 Å². The summed E-state index contributed by atoms with van der Waals surface area (Å²) in [6.45, 7) is 3.39. The molecule has 8 aromatic carbocycles. The fraction of sp³-hybridized carbons (Fsp3) is 0.115. The molecule has 0 aliphatic carbocycles. The van der Waals surface area contributed by atoms with Crippen LogP contribution in [0.4, 0.5) is 34.1 Å². The number of carbonyl (C=O) groups is 1. The molecule has 0 spiro atoms. The number of aromatic hydroxyl groups is 1. The Hall–Kier alpha value is -6.41. The predicted molar refractivity (Wildman–Crippen MR) is 285 cm³/mol. The van der Waals surface area contributed by atoms with Gasteiger partial charge in [-0.1, -0.05) is 103 Å². The molecule has 0 heterocycles. The van der Waals surface area contributed by atoms with Crippen LogP contribution < -0.4 is 25.0 Å². The van der Waals surface area contributed by atoms with Crippen molar-refractivity contribution in [3.63, 3.8) is 0 Å². The van der Waals surface area contributed by atoms with Crippen LogP contribution in [-0.4, -0.2) is 106 Å². The molecule has 0 radical (unpaired) electrons. The number of amides is 1. The molecule has 18 nitrogen and oxygen atoms in total. The fourth-order valence-electron chi connectivity index (χ4n) is 7.66. The van der Waals surface area contributed by atoms with Crippen molar-refractivity contribution < 1.29 is 55.5 Å². The monoisotopic (exact) mass is 1210 g/mol. The zero-order valence-corrected chi connectivity index (χ0v) is 47.7. The van der Waals surface area contributed by atoms with E-state index >= 15 is 0 Å². The number of ether oxygens (including phenoxy) is 2. The fourth-order valence-corrected chi connectivity index (χ4v) is 9.93. The Morgan fingerprint density at radius 3 is 1.63 bits per heavy atom. The molecule has 23 heteroatoms. The molecule has 1 amide bonds. The summed E-state index contributed by atoms with van der Waals surface area (Å²) in [5, 5.41) is 58.6. The van der Waals surface area contributed by atoms with Gasteiger partial charge in [0.1, 0.15) is 38.4 Å². The number of aryl methyl sites for hydroxylation is 2. The maximum atomic E-state index is 13.4. The minimum atomic E-state index is -4.68. The standard InChI is InChI=1S/2C26H22ClN3O6S.Ba/c2*1-3-15-11-17(27)13-22(25(15)37(33,34)35)29-30-23-20-10-5-4-7-16(20)12-21(24(23)31)26(32)28-18-8-6-9-19(14-18)36-2;/h2*4-14,31H,3H2,1-2H3,(H,28,32)(H,33,34,35);/q;;+2/p-2. The third kappa shape index (κ3) is 13.7. The molecule has 8 rings (SSSR count). The number of hydrogen-bond donors (Lipinski definition) is 4. The van der Waals surface area contributed by atoms with Gasteiger partial charge in [0, 0.05) is 38.6 Å². The second-order valence-electron chi connectivity index (χ2n) is 15.9. The Balaban J connectivity index is 0.000000241. The van der Waals surface area contributed by atoms with Gasteiger partial charge in [-0.2, -0.15) is 21.9 Å². The van der Waals surface area contributed by atoms with E-state index in [9.17, 15) is 46.1 Å². The number of carbonyl (C=O) groups excluding carboxylic acids is 1. The van der Waals surface area contributed by atoms with Gasteiger partial charge in [-0.05, 0) is 107 Å². The van der Waals surface area contributed by atoms with Crippen LogP contribution in [0.3, 0.4) is 0 Å². The van der Waals surface area contributed by atoms with Gasteiger partial charge >= 0.3 is 48.9 Å². The molecular formula is C52H42BaCl2N6O12S2. The van der Waals surface area contributed by atoms with Crippen LogP contribution in [0, 0.1) is 0 Å². The minimum absolute atomic E-state index is 0. The summed E-state index contributed by atoms with van der Waals surface area (Å²) >= 11 is 12.3. The molecule has 380 valence electrons. The number of fused-ring (bicyclic) bond motifs is 2. The number of nitrogens with zero attached hydrogens (tertiary/aromatic N) is 5. The van der Waals surface area contributed by atoms with E-state index in [4.69, 9.17) is 32.7 Å². The summed E-state index contributed by atoms with van der Waals surface area (Å²) in [6.07, 6.45) is 0.496. The van der Waals surface area contributed by atoms with Gasteiger partial charge < -0.3 is 30.1 Å². The molecule has 0 fully saturated rings. The van der Waals surface area contributed by atoms with Gasteiger partial charge in [-0.15, -0.1) is 15.3 Å². The Kier molecular flexibility index (Phi) is 19.3. The number of nitrogens with one attached hydrogen (secondary N) is 1. The van der Waals surface area contributed by atoms with Crippen LogP contribution in [0.1, 0.15) is 40.9 Å². The van der Waals surface area contributed by atoms with Crippen molar-refractivity contribution in [1.29, 1.82) is 0 Å². The number of methoxy groups -OCH3 is 2. The quantitative estimate of drug-likeness (QED) is 0.0260. The second kappa shape index (κ2) is 25.0. The number of hydrogen-bond acceptors (Lipinski definition) is 15. The van der Waals surface area contributed by atoms with Crippen molar-refractivity contribution >= 4 is 160 Å². The van der Waals surface area contributed by atoms with E-state index in [1.165, 1.54) is 50.6 Å². The van der Waals surface area contributed by atoms with Gasteiger partial charge in [0.05, 0.1) is 31.2 Å². The zero-order chi connectivity index (χ0) is 53.5. The Bertz CT molecular complexity index is 3830. The SMILES string of the molecule is CCc1cc(Cl)cc(N=Nc2c(O)c(C(=O)Nc3cccc(OC)c3)cc3ccccc23)c1S(=O)(=O)O.CCc1cc(Cl)cc(N=Nc2c([O-])c(C([O-])=Nc3cccc(OC)c3)cc3ccccc23)c1S(=O)(=O)O.[Ba+2]. The number of aliphatic imine (C=N–C) groups is 1. The van der Waals surface area contributed by atoms with Crippen molar-refractivity contribution in [3.8, 4) is 23.0 Å². The van der Waals surface area contributed by atoms with E-state index in [0.717, 1.165) is 0 Å². The summed E-state index contributed by atoms with van der Waals surface area (Å²) in [6, 6.07) is 35.0. The van der Waals surface area contributed by atoms with Crippen LogP contribution in [0.25, 0.3) is 21.5 Å². The number of azo groups is 2. The van der Waals surface area contributed by atoms with Crippen LogP contribution in [0.2, 0.25) is 10.0 Å². The molecule has 0 aliphatic heterocycles. The largest absolute Gasteiger partial charge is 2.00 e. The summed E-state index contributed by atoms with van der Waals surface area (Å²) in [7, 11) is -6.36. The third-order valence-electron chi connectivity index (χ3n) is 11.1. The summed E-state index contributed by atoms with van der Waals surface area (Å²) < 4.78 is 78.3. The van der Waals surface area contributed by atoms with Crippen molar-refractivity contribution in [2.45, 2.75) is 36.5 Å². The summed E-state index contributed by atoms with van der Waals surface area (Å²) in [5.74, 6) is -1.58. The average molecular weight is 1220 g/mol. The van der Waals surface area contributed by atoms with Crippen molar-refractivity contribution in [3.05, 3.63) is 166 Å². The zero-order valence-electron chi connectivity index (χ0n) is 40.1. The number of halogens is 2. The average Bonchev–Trinajstić information content (AvgIpc) is 3.36. The number of anilines is 1. The van der Waals surface area contributed by atoms with E-state index in [1.807, 2.05) is 0 Å². The molecule has 0 atom stereocenters. The number of phenols is 1. The number of phenolic OH excluding ortho intramolecular Hbond substituents is 1. The first kappa shape index (κ1) is 57.9. The molecule has 0 bridgehead atoms. The first-order valence-electron chi connectivity index (χ1n) is 22.0. The first-order valence-corrected chi connectivity index (χ1v) is 25.6. The second-order valence-corrected chi connectivity index (χ2v) is 19.4. The van der Waals surface area contributed by atoms with E-state index in [0.29, 0.717) is 44.4 Å². The Morgan fingerprint density at radius 2 is 1.11 bits per heavy atom. The minimum Gasteiger partial charge on any atom is -0.871 e. The number of benzene rings is 8. The van der Waals surface area contributed by atoms with Gasteiger partial charge in [0.2, 0.25) is 0 Å².